The molecule has 29 heavy (non-hydrogen) atoms. The first-order chi connectivity index (χ1) is 13.9. The Morgan fingerprint density at radius 3 is 2.62 bits per heavy atom. The molecule has 2 aromatic carbocycles. The van der Waals surface area contributed by atoms with Crippen molar-refractivity contribution in [2.75, 3.05) is 25.6 Å². The lowest BCUT2D eigenvalue weighted by Gasteiger charge is -2.32. The topological polar surface area (TPSA) is 76.5 Å². The Kier molecular flexibility index (Phi) is 5.32. The molecule has 1 fully saturated rings. The molecule has 3 aromatic rings. The number of piperidine rings is 1. The van der Waals surface area contributed by atoms with E-state index in [0.29, 0.717) is 28.5 Å². The normalized spacial score (nSPS) is 16.3. The van der Waals surface area contributed by atoms with Gasteiger partial charge in [-0.25, -0.2) is 0 Å². The van der Waals surface area contributed by atoms with E-state index in [1.165, 1.54) is 5.56 Å². The number of likely N-dealkylation sites (tertiary alicyclic amines) is 1. The van der Waals surface area contributed by atoms with Crippen molar-refractivity contribution >= 4 is 26.8 Å². The molecule has 1 aliphatic rings. The molecule has 0 atom stereocenters. The lowest BCUT2D eigenvalue weighted by Crippen LogP contribution is -2.37. The number of thiol groups is 1. The van der Waals surface area contributed by atoms with E-state index in [9.17, 15) is 9.00 Å². The van der Waals surface area contributed by atoms with Gasteiger partial charge in [0.15, 0.2) is 0 Å². The molecule has 2 N–H and O–H groups in total. The molecule has 1 aliphatic heterocycles. The molecule has 6 heteroatoms. The van der Waals surface area contributed by atoms with Crippen LogP contribution in [0.5, 0.6) is 0 Å². The maximum absolute atomic E-state index is 13.1. The zero-order valence-electron chi connectivity index (χ0n) is 16.9. The first-order valence-electron chi connectivity index (χ1n) is 10.0. The third-order valence-electron chi connectivity index (χ3n) is 5.82. The lowest BCUT2D eigenvalue weighted by atomic mass is 9.88. The second-order valence-corrected chi connectivity index (χ2v) is 11.4. The number of carbonyl (C=O) groups excluding carboxylic acids is 1. The Hall–Kier alpha value is -2.44. The number of carbonyl (C=O) groups is 1. The van der Waals surface area contributed by atoms with Gasteiger partial charge in [-0.15, -0.1) is 0 Å². The van der Waals surface area contributed by atoms with Crippen LogP contribution in [0.4, 0.5) is 0 Å². The molecule has 4 rings (SSSR count). The maximum Gasteiger partial charge on any atom is 0.253 e. The molecule has 5 nitrogen and oxygen atoms in total. The molecular weight excluding hydrogens is 384 g/mol. The standard InChI is InChI=1S/C23H28N2O3S/c1-29(2,27)22-15-28-21-7-6-19(13-20(21)22)23(26)25-10-8-17(9-11-25)18-5-3-4-16(12-18)14-24/h3-7,12-13,15,17,29H,8-11,14,24H2,1-2H3. The molecule has 1 saturated heterocycles. The number of hydrogen-bond acceptors (Lipinski definition) is 4. The molecular formula is C23H28N2O3S. The van der Waals surface area contributed by atoms with Crippen LogP contribution in [0.25, 0.3) is 11.0 Å². The molecule has 1 amide bonds. The Morgan fingerprint density at radius 2 is 1.93 bits per heavy atom. The minimum Gasteiger partial charge on any atom is -0.463 e. The van der Waals surface area contributed by atoms with E-state index in [2.05, 4.69) is 18.2 Å². The van der Waals surface area contributed by atoms with Crippen molar-refractivity contribution in [2.45, 2.75) is 30.2 Å². The smallest absolute Gasteiger partial charge is 0.253 e. The Labute approximate surface area is 172 Å². The van der Waals surface area contributed by atoms with E-state index < -0.39 is 9.93 Å². The van der Waals surface area contributed by atoms with Gasteiger partial charge in [-0.3, -0.25) is 9.00 Å². The van der Waals surface area contributed by atoms with Crippen LogP contribution < -0.4 is 5.73 Å². The number of amides is 1. The highest BCUT2D eigenvalue weighted by Crippen LogP contribution is 2.31. The van der Waals surface area contributed by atoms with Gasteiger partial charge in [0.25, 0.3) is 5.91 Å². The summed E-state index contributed by atoms with van der Waals surface area (Å²) in [7, 11) is -2.47. The molecule has 154 valence electrons. The number of nitrogens with zero attached hydrogens (tertiary/aromatic N) is 1. The van der Waals surface area contributed by atoms with Gasteiger partial charge < -0.3 is 15.1 Å². The van der Waals surface area contributed by atoms with Crippen LogP contribution in [-0.2, 0) is 16.5 Å². The minimum atomic E-state index is -2.47. The minimum absolute atomic E-state index is 0.0234. The second kappa shape index (κ2) is 7.76. The summed E-state index contributed by atoms with van der Waals surface area (Å²) in [6.07, 6.45) is 6.88. The number of nitrogens with two attached hydrogens (primary N) is 1. The van der Waals surface area contributed by atoms with Gasteiger partial charge in [0.05, 0.1) is 4.90 Å². The highest BCUT2D eigenvalue weighted by Gasteiger charge is 2.25. The average Bonchev–Trinajstić information content (AvgIpc) is 3.17. The van der Waals surface area contributed by atoms with Crippen molar-refractivity contribution in [2.24, 2.45) is 5.73 Å². The summed E-state index contributed by atoms with van der Waals surface area (Å²) in [5, 5.41) is 0.776. The number of furan rings is 1. The van der Waals surface area contributed by atoms with Crippen LogP contribution in [0.1, 0.15) is 40.2 Å². The van der Waals surface area contributed by atoms with E-state index in [1.807, 2.05) is 17.0 Å². The van der Waals surface area contributed by atoms with Crippen LogP contribution in [0, 0.1) is 0 Å². The summed E-state index contributed by atoms with van der Waals surface area (Å²) in [5.41, 5.74) is 9.51. The monoisotopic (exact) mass is 412 g/mol. The predicted octanol–water partition coefficient (Wildman–Crippen LogP) is 3.55. The zero-order chi connectivity index (χ0) is 20.6. The fourth-order valence-electron chi connectivity index (χ4n) is 4.14. The summed E-state index contributed by atoms with van der Waals surface area (Å²) in [6, 6.07) is 13.9. The van der Waals surface area contributed by atoms with E-state index in [4.69, 9.17) is 10.2 Å². The van der Waals surface area contributed by atoms with Crippen molar-refractivity contribution in [1.82, 2.24) is 4.90 Å². The quantitative estimate of drug-likeness (QED) is 0.643. The molecule has 0 radical (unpaired) electrons. The molecule has 0 bridgehead atoms. The van der Waals surface area contributed by atoms with E-state index in [1.54, 1.807) is 30.9 Å². The van der Waals surface area contributed by atoms with Gasteiger partial charge in [0, 0.05) is 30.6 Å². The van der Waals surface area contributed by atoms with Crippen molar-refractivity contribution in [3.63, 3.8) is 0 Å². The number of rotatable bonds is 4. The van der Waals surface area contributed by atoms with E-state index in [0.717, 1.165) is 36.9 Å². The zero-order valence-corrected chi connectivity index (χ0v) is 17.8. The van der Waals surface area contributed by atoms with E-state index in [-0.39, 0.29) is 5.91 Å². The lowest BCUT2D eigenvalue weighted by molar-refractivity contribution is 0.0713. The first-order valence-corrected chi connectivity index (χ1v) is 12.6. The molecule has 0 saturated carbocycles. The van der Waals surface area contributed by atoms with Crippen molar-refractivity contribution in [3.8, 4) is 0 Å². The number of hydrogen-bond donors (Lipinski definition) is 2. The SMILES string of the molecule is C[SH](C)(=O)c1coc2ccc(C(=O)N3CCC(c4cccc(CN)c4)CC3)cc12. The van der Waals surface area contributed by atoms with Crippen molar-refractivity contribution in [1.29, 1.82) is 0 Å². The largest absolute Gasteiger partial charge is 0.463 e. The summed E-state index contributed by atoms with van der Waals surface area (Å²) in [4.78, 5) is 15.7. The van der Waals surface area contributed by atoms with Gasteiger partial charge in [0.2, 0.25) is 0 Å². The van der Waals surface area contributed by atoms with Crippen molar-refractivity contribution < 1.29 is 13.4 Å². The van der Waals surface area contributed by atoms with Gasteiger partial charge in [-0.1, -0.05) is 34.2 Å². The summed E-state index contributed by atoms with van der Waals surface area (Å²) < 4.78 is 18.1. The highest BCUT2D eigenvalue weighted by atomic mass is 32.2. The maximum atomic E-state index is 13.1. The average molecular weight is 413 g/mol. The van der Waals surface area contributed by atoms with Crippen LogP contribution in [-0.4, -0.2) is 40.6 Å². The first kappa shape index (κ1) is 19.9. The molecule has 0 aliphatic carbocycles. The van der Waals surface area contributed by atoms with Gasteiger partial charge in [-0.2, -0.15) is 0 Å². The van der Waals surface area contributed by atoms with E-state index >= 15 is 0 Å². The summed E-state index contributed by atoms with van der Waals surface area (Å²) >= 11 is 0. The predicted molar refractivity (Wildman–Crippen MR) is 118 cm³/mol. The molecule has 0 unspecified atom stereocenters. The van der Waals surface area contributed by atoms with Crippen LogP contribution in [0.3, 0.4) is 0 Å². The van der Waals surface area contributed by atoms with Gasteiger partial charge >= 0.3 is 0 Å². The second-order valence-electron chi connectivity index (χ2n) is 8.20. The van der Waals surface area contributed by atoms with Crippen LogP contribution in [0.2, 0.25) is 0 Å². The Morgan fingerprint density at radius 1 is 1.17 bits per heavy atom. The molecule has 0 spiro atoms. The third-order valence-corrected chi connectivity index (χ3v) is 7.33. The number of benzene rings is 2. The Balaban J connectivity index is 1.50. The fraction of sp³-hybridized carbons (Fsp3) is 0.348. The van der Waals surface area contributed by atoms with Gasteiger partial charge in [-0.05, 0) is 60.6 Å². The fourth-order valence-corrected chi connectivity index (χ4v) is 5.20. The summed E-state index contributed by atoms with van der Waals surface area (Å²) in [6.45, 7) is 2.01. The van der Waals surface area contributed by atoms with Gasteiger partial charge in [0.1, 0.15) is 11.8 Å². The number of fused-ring (bicyclic) bond motifs is 1. The summed E-state index contributed by atoms with van der Waals surface area (Å²) in [5.74, 6) is 0.481. The third kappa shape index (κ3) is 4.00. The van der Waals surface area contributed by atoms with Crippen molar-refractivity contribution in [3.05, 3.63) is 65.4 Å². The molecule has 2 heterocycles. The van der Waals surface area contributed by atoms with Crippen LogP contribution in [0.15, 0.2) is 58.0 Å². The highest BCUT2D eigenvalue weighted by molar-refractivity contribution is 8.02. The molecule has 1 aromatic heterocycles. The van der Waals surface area contributed by atoms with Crippen LogP contribution >= 0.6 is 0 Å². The Bertz CT molecular complexity index is 1090.